The number of hydrogen-bond acceptors (Lipinski definition) is 6. The first-order chi connectivity index (χ1) is 12.5. The quantitative estimate of drug-likeness (QED) is 0.331. The number of nitrogens with two attached hydrogens (primary N) is 1. The molecule has 0 radical (unpaired) electrons. The Morgan fingerprint density at radius 1 is 1.04 bits per heavy atom. The van der Waals surface area contributed by atoms with Crippen molar-refractivity contribution in [1.29, 1.82) is 0 Å². The third-order valence-electron chi connectivity index (χ3n) is 4.20. The van der Waals surface area contributed by atoms with Gasteiger partial charge in [0.2, 0.25) is 0 Å². The predicted octanol–water partition coefficient (Wildman–Crippen LogP) is 2.37. The van der Waals surface area contributed by atoms with Crippen LogP contribution < -0.4 is 26.4 Å². The molecule has 0 saturated heterocycles. The Morgan fingerprint density at radius 3 is 2.42 bits per heavy atom. The maximum atomic E-state index is 10.1. The highest BCUT2D eigenvalue weighted by molar-refractivity contribution is 5.73. The Labute approximate surface area is 155 Å². The molecule has 1 atom stereocenters. The molecule has 2 aromatic carbocycles. The van der Waals surface area contributed by atoms with Crippen LogP contribution in [0.15, 0.2) is 36.4 Å². The summed E-state index contributed by atoms with van der Waals surface area (Å²) in [4.78, 5) is 0. The number of anilines is 3. The van der Waals surface area contributed by atoms with Crippen molar-refractivity contribution >= 4 is 17.1 Å². The minimum Gasteiger partial charge on any atom is -0.489 e. The van der Waals surface area contributed by atoms with Crippen molar-refractivity contribution in [2.45, 2.75) is 20.0 Å². The highest BCUT2D eigenvalue weighted by Gasteiger charge is 2.09. The molecule has 0 saturated carbocycles. The average molecular weight is 358 g/mol. The number of nitrogen functional groups attached to an aromatic ring is 1. The smallest absolute Gasteiger partial charge is 0.144 e. The van der Waals surface area contributed by atoms with E-state index >= 15 is 0 Å². The monoisotopic (exact) mass is 358 g/mol. The molecule has 6 nitrogen and oxygen atoms in total. The van der Waals surface area contributed by atoms with Crippen LogP contribution in [0.3, 0.4) is 0 Å². The minimum absolute atomic E-state index is 0.204. The zero-order valence-corrected chi connectivity index (χ0v) is 15.8. The van der Waals surface area contributed by atoms with E-state index in [4.69, 9.17) is 10.5 Å². The second-order valence-corrected chi connectivity index (χ2v) is 6.33. The van der Waals surface area contributed by atoms with Crippen molar-refractivity contribution < 1.29 is 9.84 Å². The maximum Gasteiger partial charge on any atom is 0.144 e. The van der Waals surface area contributed by atoms with Gasteiger partial charge in [-0.25, -0.2) is 0 Å². The molecular weight excluding hydrogens is 328 g/mol. The number of hydrogen-bond donors (Lipinski definition) is 5. The van der Waals surface area contributed by atoms with Gasteiger partial charge in [0.05, 0.1) is 11.4 Å². The number of benzene rings is 2. The molecular formula is C20H30N4O2. The zero-order chi connectivity index (χ0) is 18.9. The number of nitrogens with one attached hydrogen (secondary N) is 3. The first-order valence-corrected chi connectivity index (χ1v) is 8.90. The number of aliphatic hydroxyl groups excluding tert-OH is 1. The van der Waals surface area contributed by atoms with Crippen LogP contribution in [0.5, 0.6) is 5.75 Å². The van der Waals surface area contributed by atoms with Crippen LogP contribution in [0.1, 0.15) is 11.1 Å². The molecule has 0 aliphatic rings. The van der Waals surface area contributed by atoms with E-state index in [-0.39, 0.29) is 6.61 Å². The Kier molecular flexibility index (Phi) is 7.56. The second-order valence-electron chi connectivity index (χ2n) is 6.33. The van der Waals surface area contributed by atoms with Gasteiger partial charge in [-0.15, -0.1) is 0 Å². The highest BCUT2D eigenvalue weighted by Crippen LogP contribution is 2.29. The topological polar surface area (TPSA) is 91.6 Å². The molecule has 0 aliphatic heterocycles. The predicted molar refractivity (Wildman–Crippen MR) is 109 cm³/mol. The van der Waals surface area contributed by atoms with E-state index in [2.05, 4.69) is 48.0 Å². The van der Waals surface area contributed by atoms with Gasteiger partial charge in [0.1, 0.15) is 18.5 Å². The normalized spacial score (nSPS) is 11.8. The SMILES string of the molecule is CNc1c(N)cccc1OCC(O)CNCCNc1c(C)cccc1C. The third-order valence-corrected chi connectivity index (χ3v) is 4.20. The molecule has 6 N–H and O–H groups in total. The summed E-state index contributed by atoms with van der Waals surface area (Å²) in [5.41, 5.74) is 10.9. The Balaban J connectivity index is 1.68. The van der Waals surface area contributed by atoms with Gasteiger partial charge < -0.3 is 31.5 Å². The van der Waals surface area contributed by atoms with Gasteiger partial charge in [0, 0.05) is 32.4 Å². The van der Waals surface area contributed by atoms with E-state index in [9.17, 15) is 5.11 Å². The summed E-state index contributed by atoms with van der Waals surface area (Å²) in [5, 5.41) is 19.8. The van der Waals surface area contributed by atoms with Crippen molar-refractivity contribution in [2.75, 3.05) is 49.7 Å². The van der Waals surface area contributed by atoms with Crippen LogP contribution in [0, 0.1) is 13.8 Å². The molecule has 0 amide bonds. The van der Waals surface area contributed by atoms with Crippen LogP contribution in [0.4, 0.5) is 17.1 Å². The summed E-state index contributed by atoms with van der Waals surface area (Å²) < 4.78 is 5.68. The van der Waals surface area contributed by atoms with Gasteiger partial charge in [-0.2, -0.15) is 0 Å². The van der Waals surface area contributed by atoms with E-state index < -0.39 is 6.10 Å². The number of aliphatic hydroxyl groups is 1. The van der Waals surface area contributed by atoms with Crippen molar-refractivity contribution in [3.05, 3.63) is 47.5 Å². The Morgan fingerprint density at radius 2 is 1.73 bits per heavy atom. The van der Waals surface area contributed by atoms with Crippen LogP contribution in [0.2, 0.25) is 0 Å². The summed E-state index contributed by atoms with van der Waals surface area (Å²) in [5.74, 6) is 0.642. The molecule has 1 unspecified atom stereocenters. The average Bonchev–Trinajstić information content (AvgIpc) is 2.62. The van der Waals surface area contributed by atoms with Crippen molar-refractivity contribution in [1.82, 2.24) is 5.32 Å². The lowest BCUT2D eigenvalue weighted by atomic mass is 10.1. The van der Waals surface area contributed by atoms with E-state index in [1.54, 1.807) is 13.1 Å². The Hall–Kier alpha value is -2.44. The minimum atomic E-state index is -0.596. The van der Waals surface area contributed by atoms with E-state index in [0.29, 0.717) is 18.0 Å². The van der Waals surface area contributed by atoms with E-state index in [0.717, 1.165) is 18.8 Å². The lowest BCUT2D eigenvalue weighted by Crippen LogP contribution is -2.34. The second kappa shape index (κ2) is 9.89. The summed E-state index contributed by atoms with van der Waals surface area (Å²) >= 11 is 0. The molecule has 0 fully saturated rings. The van der Waals surface area contributed by atoms with Gasteiger partial charge in [-0.05, 0) is 37.1 Å². The number of aryl methyl sites for hydroxylation is 2. The van der Waals surface area contributed by atoms with Gasteiger partial charge in [-0.1, -0.05) is 24.3 Å². The maximum absolute atomic E-state index is 10.1. The molecule has 0 aliphatic carbocycles. The van der Waals surface area contributed by atoms with Crippen LogP contribution in [-0.2, 0) is 0 Å². The molecule has 26 heavy (non-hydrogen) atoms. The van der Waals surface area contributed by atoms with Crippen molar-refractivity contribution in [2.24, 2.45) is 0 Å². The standard InChI is InChI=1S/C20H30N4O2/c1-14-6-4-7-15(2)19(14)24-11-10-23-12-16(25)13-26-18-9-5-8-17(21)20(18)22-3/h4-9,16,22-25H,10-13,21H2,1-3H3. The summed E-state index contributed by atoms with van der Waals surface area (Å²) in [6, 6.07) is 11.7. The van der Waals surface area contributed by atoms with Crippen LogP contribution in [-0.4, -0.2) is 44.5 Å². The first-order valence-electron chi connectivity index (χ1n) is 8.90. The zero-order valence-electron chi connectivity index (χ0n) is 15.8. The fourth-order valence-electron chi connectivity index (χ4n) is 2.82. The van der Waals surface area contributed by atoms with E-state index in [1.807, 2.05) is 12.1 Å². The summed E-state index contributed by atoms with van der Waals surface area (Å²) in [6.07, 6.45) is -0.596. The number of ether oxygens (including phenoxy) is 1. The Bertz CT molecular complexity index is 686. The van der Waals surface area contributed by atoms with Crippen molar-refractivity contribution in [3.8, 4) is 5.75 Å². The van der Waals surface area contributed by atoms with Crippen molar-refractivity contribution in [3.63, 3.8) is 0 Å². The molecule has 2 rings (SSSR count). The van der Waals surface area contributed by atoms with Gasteiger partial charge >= 0.3 is 0 Å². The first kappa shape index (κ1) is 19.9. The number of para-hydroxylation sites is 2. The van der Waals surface area contributed by atoms with Crippen LogP contribution >= 0.6 is 0 Å². The van der Waals surface area contributed by atoms with Gasteiger partial charge in [0.15, 0.2) is 0 Å². The molecule has 0 aromatic heterocycles. The molecule has 0 spiro atoms. The molecule has 6 heteroatoms. The lowest BCUT2D eigenvalue weighted by molar-refractivity contribution is 0.107. The molecule has 2 aromatic rings. The van der Waals surface area contributed by atoms with Gasteiger partial charge in [-0.3, -0.25) is 0 Å². The number of rotatable bonds is 10. The summed E-state index contributed by atoms with van der Waals surface area (Å²) in [6.45, 7) is 6.41. The van der Waals surface area contributed by atoms with Gasteiger partial charge in [0.25, 0.3) is 0 Å². The summed E-state index contributed by atoms with van der Waals surface area (Å²) in [7, 11) is 1.79. The fraction of sp³-hybridized carbons (Fsp3) is 0.400. The van der Waals surface area contributed by atoms with Crippen LogP contribution in [0.25, 0.3) is 0 Å². The third kappa shape index (κ3) is 5.54. The largest absolute Gasteiger partial charge is 0.489 e. The highest BCUT2D eigenvalue weighted by atomic mass is 16.5. The lowest BCUT2D eigenvalue weighted by Gasteiger charge is -2.17. The molecule has 142 valence electrons. The van der Waals surface area contributed by atoms with E-state index in [1.165, 1.54) is 16.8 Å². The fourth-order valence-corrected chi connectivity index (χ4v) is 2.82. The molecule has 0 bridgehead atoms. The molecule has 0 heterocycles.